The van der Waals surface area contributed by atoms with E-state index in [2.05, 4.69) is 26.0 Å². The monoisotopic (exact) mass is 441 g/mol. The number of hydrogen-bond acceptors (Lipinski definition) is 4. The van der Waals surface area contributed by atoms with Crippen molar-refractivity contribution >= 4 is 45.5 Å². The fraction of sp³-hybridized carbons (Fsp3) is 0.0500. The van der Waals surface area contributed by atoms with E-state index in [-0.39, 0.29) is 11.6 Å². The molecule has 2 aromatic carbocycles. The van der Waals surface area contributed by atoms with Gasteiger partial charge in [-0.2, -0.15) is 5.10 Å². The van der Waals surface area contributed by atoms with Crippen molar-refractivity contribution in [1.29, 1.82) is 0 Å². The number of para-hydroxylation sites is 1. The Morgan fingerprint density at radius 1 is 1.15 bits per heavy atom. The van der Waals surface area contributed by atoms with Crippen LogP contribution >= 0.6 is 27.5 Å². The Balaban J connectivity index is 1.74. The molecule has 0 N–H and O–H groups in total. The molecule has 7 heteroatoms. The first-order chi connectivity index (χ1) is 13.0. The number of aliphatic imine (C=N–C) groups is 1. The number of halogens is 2. The van der Waals surface area contributed by atoms with Gasteiger partial charge in [0.05, 0.1) is 11.4 Å². The van der Waals surface area contributed by atoms with Gasteiger partial charge in [-0.05, 0) is 43.3 Å². The van der Waals surface area contributed by atoms with Crippen molar-refractivity contribution in [3.63, 3.8) is 0 Å². The summed E-state index contributed by atoms with van der Waals surface area (Å²) in [5.74, 6) is -0.260. The minimum atomic E-state index is -0.520. The Morgan fingerprint density at radius 2 is 1.93 bits per heavy atom. The van der Waals surface area contributed by atoms with Gasteiger partial charge in [0, 0.05) is 15.6 Å². The van der Waals surface area contributed by atoms with Crippen molar-refractivity contribution in [3.05, 3.63) is 86.7 Å². The Hall–Kier alpha value is -2.70. The lowest BCUT2D eigenvalue weighted by molar-refractivity contribution is -0.129. The molecule has 4 rings (SSSR count). The molecule has 0 fully saturated rings. The summed E-state index contributed by atoms with van der Waals surface area (Å²) < 4.78 is 7.81. The maximum absolute atomic E-state index is 12.3. The number of esters is 1. The summed E-state index contributed by atoms with van der Waals surface area (Å²) in [7, 11) is 0. The van der Waals surface area contributed by atoms with E-state index in [4.69, 9.17) is 16.3 Å². The molecule has 3 aromatic rings. The van der Waals surface area contributed by atoms with Crippen LogP contribution in [0.4, 0.5) is 0 Å². The molecule has 1 aliphatic rings. The van der Waals surface area contributed by atoms with Crippen LogP contribution in [0.25, 0.3) is 11.8 Å². The molecule has 5 nitrogen and oxygen atoms in total. The van der Waals surface area contributed by atoms with Gasteiger partial charge in [-0.25, -0.2) is 14.5 Å². The Labute approximate surface area is 169 Å². The van der Waals surface area contributed by atoms with Gasteiger partial charge >= 0.3 is 5.97 Å². The molecule has 2 heterocycles. The zero-order chi connectivity index (χ0) is 19.0. The average molecular weight is 443 g/mol. The summed E-state index contributed by atoms with van der Waals surface area (Å²) in [6.07, 6.45) is 1.61. The molecule has 0 spiro atoms. The molecular formula is C20H13BrClN3O2. The lowest BCUT2D eigenvalue weighted by Gasteiger charge is -2.01. The minimum Gasteiger partial charge on any atom is -0.402 e. The third-order valence-corrected chi connectivity index (χ3v) is 4.88. The molecule has 0 radical (unpaired) electrons. The fourth-order valence-corrected chi connectivity index (χ4v) is 3.43. The molecular weight excluding hydrogens is 430 g/mol. The lowest BCUT2D eigenvalue weighted by Crippen LogP contribution is -2.05. The first kappa shape index (κ1) is 17.7. The third-order valence-electron chi connectivity index (χ3n) is 4.02. The van der Waals surface area contributed by atoms with E-state index in [0.717, 1.165) is 10.2 Å². The molecule has 0 aliphatic carbocycles. The van der Waals surface area contributed by atoms with Crippen molar-refractivity contribution in [3.8, 4) is 5.69 Å². The van der Waals surface area contributed by atoms with Crippen LogP contribution in [0.1, 0.15) is 16.8 Å². The minimum absolute atomic E-state index is 0.183. The number of carbonyl (C=O) groups excluding carboxylic acids is 1. The van der Waals surface area contributed by atoms with E-state index < -0.39 is 5.97 Å². The summed E-state index contributed by atoms with van der Waals surface area (Å²) in [6, 6.07) is 16.9. The van der Waals surface area contributed by atoms with Gasteiger partial charge in [-0.15, -0.1) is 0 Å². The predicted octanol–water partition coefficient (Wildman–Crippen LogP) is 4.94. The van der Waals surface area contributed by atoms with Crippen molar-refractivity contribution in [2.24, 2.45) is 4.99 Å². The summed E-state index contributed by atoms with van der Waals surface area (Å²) in [5.41, 5.74) is 3.05. The summed E-state index contributed by atoms with van der Waals surface area (Å²) in [4.78, 5) is 16.6. The third kappa shape index (κ3) is 3.46. The second kappa shape index (κ2) is 7.13. The van der Waals surface area contributed by atoms with Gasteiger partial charge in [0.15, 0.2) is 5.70 Å². The van der Waals surface area contributed by atoms with Gasteiger partial charge in [-0.3, -0.25) is 0 Å². The Bertz CT molecular complexity index is 1100. The van der Waals surface area contributed by atoms with Crippen molar-refractivity contribution in [2.75, 3.05) is 0 Å². The van der Waals surface area contributed by atoms with Crippen LogP contribution in [0, 0.1) is 6.92 Å². The van der Waals surface area contributed by atoms with E-state index in [1.54, 1.807) is 10.8 Å². The van der Waals surface area contributed by atoms with E-state index >= 15 is 0 Å². The number of aromatic nitrogens is 2. The van der Waals surface area contributed by atoms with Crippen LogP contribution < -0.4 is 0 Å². The second-order valence-corrected chi connectivity index (χ2v) is 7.16. The maximum atomic E-state index is 12.3. The van der Waals surface area contributed by atoms with Gasteiger partial charge in [0.2, 0.25) is 5.90 Å². The molecule has 0 amide bonds. The summed E-state index contributed by atoms with van der Waals surface area (Å²) in [5, 5.41) is 4.88. The van der Waals surface area contributed by atoms with E-state index in [0.29, 0.717) is 22.0 Å². The van der Waals surface area contributed by atoms with Crippen LogP contribution in [-0.4, -0.2) is 21.6 Å². The number of hydrogen-bond donors (Lipinski definition) is 0. The molecule has 1 aliphatic heterocycles. The average Bonchev–Trinajstić information content (AvgIpc) is 3.17. The largest absolute Gasteiger partial charge is 0.402 e. The number of benzene rings is 2. The highest BCUT2D eigenvalue weighted by Crippen LogP contribution is 2.28. The number of cyclic esters (lactones) is 1. The highest BCUT2D eigenvalue weighted by Gasteiger charge is 2.25. The molecule has 134 valence electrons. The Morgan fingerprint density at radius 3 is 2.67 bits per heavy atom. The standard InChI is InChI=1S/C20H13BrClN3O2/c1-12-16(18(22)25(24-12)15-8-3-2-4-9-15)11-17-20(26)27-19(23-17)13-6-5-7-14(21)10-13/h2-11H,1H3/b17-11-. The number of ether oxygens (including phenoxy) is 1. The molecule has 0 bridgehead atoms. The zero-order valence-electron chi connectivity index (χ0n) is 14.2. The second-order valence-electron chi connectivity index (χ2n) is 5.88. The van der Waals surface area contributed by atoms with Crippen LogP contribution in [0.3, 0.4) is 0 Å². The zero-order valence-corrected chi connectivity index (χ0v) is 16.5. The van der Waals surface area contributed by atoms with Gasteiger partial charge in [-0.1, -0.05) is 51.8 Å². The smallest absolute Gasteiger partial charge is 0.363 e. The summed E-state index contributed by atoms with van der Waals surface area (Å²) >= 11 is 9.91. The van der Waals surface area contributed by atoms with Crippen molar-refractivity contribution in [2.45, 2.75) is 6.92 Å². The van der Waals surface area contributed by atoms with E-state index in [9.17, 15) is 4.79 Å². The van der Waals surface area contributed by atoms with Crippen molar-refractivity contribution in [1.82, 2.24) is 9.78 Å². The number of nitrogens with zero attached hydrogens (tertiary/aromatic N) is 3. The maximum Gasteiger partial charge on any atom is 0.363 e. The van der Waals surface area contributed by atoms with Gasteiger partial charge in [0.25, 0.3) is 0 Å². The lowest BCUT2D eigenvalue weighted by atomic mass is 10.2. The van der Waals surface area contributed by atoms with Crippen molar-refractivity contribution < 1.29 is 9.53 Å². The van der Waals surface area contributed by atoms with Crippen LogP contribution in [0.2, 0.25) is 5.15 Å². The number of aryl methyl sites for hydroxylation is 1. The molecule has 0 saturated heterocycles. The quantitative estimate of drug-likeness (QED) is 0.426. The molecule has 0 saturated carbocycles. The number of rotatable bonds is 3. The van der Waals surface area contributed by atoms with E-state index in [1.807, 2.05) is 61.5 Å². The van der Waals surface area contributed by atoms with Crippen LogP contribution in [0.5, 0.6) is 0 Å². The molecule has 0 atom stereocenters. The molecule has 1 aromatic heterocycles. The Kier molecular flexibility index (Phi) is 4.68. The predicted molar refractivity (Wildman–Crippen MR) is 108 cm³/mol. The first-order valence-corrected chi connectivity index (χ1v) is 9.29. The van der Waals surface area contributed by atoms with E-state index in [1.165, 1.54) is 0 Å². The SMILES string of the molecule is Cc1nn(-c2ccccc2)c(Cl)c1/C=C1\N=C(c2cccc(Br)c2)OC1=O. The van der Waals surface area contributed by atoms with Crippen LogP contribution in [0.15, 0.2) is 69.8 Å². The van der Waals surface area contributed by atoms with Gasteiger partial charge in [0.1, 0.15) is 5.15 Å². The first-order valence-electron chi connectivity index (χ1n) is 8.12. The fourth-order valence-electron chi connectivity index (χ4n) is 2.71. The molecule has 27 heavy (non-hydrogen) atoms. The number of carbonyl (C=O) groups is 1. The van der Waals surface area contributed by atoms with Crippen LogP contribution in [-0.2, 0) is 9.53 Å². The highest BCUT2D eigenvalue weighted by atomic mass is 79.9. The topological polar surface area (TPSA) is 56.5 Å². The normalized spacial score (nSPS) is 15.1. The summed E-state index contributed by atoms with van der Waals surface area (Å²) in [6.45, 7) is 1.83. The molecule has 0 unspecified atom stereocenters. The van der Waals surface area contributed by atoms with Gasteiger partial charge < -0.3 is 4.74 Å². The highest BCUT2D eigenvalue weighted by molar-refractivity contribution is 9.10.